The average Bonchev–Trinajstić information content (AvgIpc) is 3.08. The van der Waals surface area contributed by atoms with Gasteiger partial charge < -0.3 is 10.0 Å². The summed E-state index contributed by atoms with van der Waals surface area (Å²) in [7, 11) is -3.45. The van der Waals surface area contributed by atoms with Crippen molar-refractivity contribution in [2.24, 2.45) is 0 Å². The highest BCUT2D eigenvalue weighted by molar-refractivity contribution is 7.89. The molecule has 8 heteroatoms. The smallest absolute Gasteiger partial charge is 0.323 e. The van der Waals surface area contributed by atoms with Crippen LogP contribution in [0.15, 0.2) is 23.1 Å². The Labute approximate surface area is 136 Å². The lowest BCUT2D eigenvalue weighted by Crippen LogP contribution is -2.29. The van der Waals surface area contributed by atoms with Crippen molar-refractivity contribution < 1.29 is 18.3 Å². The van der Waals surface area contributed by atoms with Gasteiger partial charge in [0, 0.05) is 25.3 Å². The van der Waals surface area contributed by atoms with Crippen molar-refractivity contribution in [2.75, 3.05) is 31.1 Å². The highest BCUT2D eigenvalue weighted by Crippen LogP contribution is 2.32. The van der Waals surface area contributed by atoms with E-state index in [0.29, 0.717) is 19.6 Å². The third-order valence-electron chi connectivity index (χ3n) is 4.08. The summed E-state index contributed by atoms with van der Waals surface area (Å²) in [6, 6.07) is 5.07. The first-order valence-electron chi connectivity index (χ1n) is 7.08. The third-order valence-corrected chi connectivity index (χ3v) is 5.97. The molecule has 0 amide bonds. The van der Waals surface area contributed by atoms with Crippen LogP contribution in [0.5, 0.6) is 0 Å². The minimum atomic E-state index is -3.45. The van der Waals surface area contributed by atoms with Crippen LogP contribution in [0.4, 0.5) is 5.69 Å². The van der Waals surface area contributed by atoms with E-state index in [-0.39, 0.29) is 23.8 Å². The second kappa shape index (κ2) is 6.44. The van der Waals surface area contributed by atoms with Gasteiger partial charge in [-0.25, -0.2) is 8.42 Å². The molecule has 0 saturated carbocycles. The minimum absolute atomic E-state index is 0. The summed E-state index contributed by atoms with van der Waals surface area (Å²) in [5.74, 6) is -0.907. The number of rotatable bonds is 4. The second-order valence-corrected chi connectivity index (χ2v) is 7.40. The Hall–Kier alpha value is -1.31. The fourth-order valence-electron chi connectivity index (χ4n) is 2.99. The maximum Gasteiger partial charge on any atom is 0.323 e. The molecule has 0 atom stereocenters. The molecule has 2 aliphatic rings. The predicted octanol–water partition coefficient (Wildman–Crippen LogP) is 1.34. The van der Waals surface area contributed by atoms with E-state index in [2.05, 4.69) is 0 Å². The number of aliphatic carboxylic acids is 1. The monoisotopic (exact) mass is 346 g/mol. The van der Waals surface area contributed by atoms with Crippen molar-refractivity contribution in [3.63, 3.8) is 0 Å². The van der Waals surface area contributed by atoms with Gasteiger partial charge in [-0.3, -0.25) is 4.79 Å². The highest BCUT2D eigenvalue weighted by atomic mass is 35.5. The molecule has 1 aromatic rings. The fraction of sp³-hybridized carbons (Fsp3) is 0.500. The number of carboxylic acids is 1. The number of fused-ring (bicyclic) bond motifs is 1. The molecule has 0 spiro atoms. The first-order valence-corrected chi connectivity index (χ1v) is 8.52. The van der Waals surface area contributed by atoms with Crippen molar-refractivity contribution >= 4 is 34.1 Å². The molecule has 1 saturated heterocycles. The number of benzene rings is 1. The Morgan fingerprint density at radius 1 is 1.18 bits per heavy atom. The molecule has 0 radical (unpaired) electrons. The number of carbonyl (C=O) groups is 1. The zero-order valence-corrected chi connectivity index (χ0v) is 13.7. The Balaban J connectivity index is 0.00000176. The van der Waals surface area contributed by atoms with Gasteiger partial charge in [0.1, 0.15) is 6.54 Å². The van der Waals surface area contributed by atoms with Gasteiger partial charge in [0.25, 0.3) is 0 Å². The van der Waals surface area contributed by atoms with E-state index in [4.69, 9.17) is 5.11 Å². The van der Waals surface area contributed by atoms with Crippen LogP contribution in [-0.4, -0.2) is 50.0 Å². The maximum atomic E-state index is 12.6. The Morgan fingerprint density at radius 3 is 2.50 bits per heavy atom. The third kappa shape index (κ3) is 3.06. The van der Waals surface area contributed by atoms with Crippen LogP contribution >= 0.6 is 12.4 Å². The Kier molecular flexibility index (Phi) is 4.99. The Bertz CT molecular complexity index is 671. The van der Waals surface area contributed by atoms with Crippen molar-refractivity contribution in [3.8, 4) is 0 Å². The van der Waals surface area contributed by atoms with Crippen LogP contribution in [0.25, 0.3) is 0 Å². The molecule has 22 heavy (non-hydrogen) atoms. The normalized spacial score (nSPS) is 18.1. The van der Waals surface area contributed by atoms with Crippen LogP contribution in [0.2, 0.25) is 0 Å². The molecule has 0 unspecified atom stereocenters. The van der Waals surface area contributed by atoms with E-state index in [1.165, 1.54) is 4.31 Å². The molecule has 2 aliphatic heterocycles. The van der Waals surface area contributed by atoms with Gasteiger partial charge in [-0.2, -0.15) is 4.31 Å². The summed E-state index contributed by atoms with van der Waals surface area (Å²) in [5.41, 5.74) is 1.74. The molecule has 3 rings (SSSR count). The van der Waals surface area contributed by atoms with Gasteiger partial charge in [-0.05, 0) is 37.0 Å². The zero-order valence-electron chi connectivity index (χ0n) is 12.1. The van der Waals surface area contributed by atoms with Crippen molar-refractivity contribution in [3.05, 3.63) is 23.8 Å². The lowest BCUT2D eigenvalue weighted by molar-refractivity contribution is -0.135. The minimum Gasteiger partial charge on any atom is -0.480 e. The number of carboxylic acid groups (broad SMARTS) is 1. The van der Waals surface area contributed by atoms with Gasteiger partial charge in [0.15, 0.2) is 0 Å². The maximum absolute atomic E-state index is 12.6. The van der Waals surface area contributed by atoms with E-state index < -0.39 is 16.0 Å². The van der Waals surface area contributed by atoms with Crippen LogP contribution in [0, 0.1) is 0 Å². The van der Waals surface area contributed by atoms with E-state index in [0.717, 1.165) is 30.5 Å². The van der Waals surface area contributed by atoms with Crippen LogP contribution in [-0.2, 0) is 21.2 Å². The Morgan fingerprint density at radius 2 is 1.86 bits per heavy atom. The topological polar surface area (TPSA) is 77.9 Å². The van der Waals surface area contributed by atoms with E-state index >= 15 is 0 Å². The summed E-state index contributed by atoms with van der Waals surface area (Å²) in [6.45, 7) is 1.66. The fourth-order valence-corrected chi connectivity index (χ4v) is 4.53. The van der Waals surface area contributed by atoms with E-state index in [1.807, 2.05) is 0 Å². The number of nitrogens with zero attached hydrogens (tertiary/aromatic N) is 2. The summed E-state index contributed by atoms with van der Waals surface area (Å²) in [6.07, 6.45) is 2.55. The second-order valence-electron chi connectivity index (χ2n) is 5.47. The molecule has 6 nitrogen and oxygen atoms in total. The molecule has 0 aliphatic carbocycles. The van der Waals surface area contributed by atoms with Crippen LogP contribution in [0.3, 0.4) is 0 Å². The van der Waals surface area contributed by atoms with E-state index in [1.54, 1.807) is 23.1 Å². The number of sulfonamides is 1. The number of halogens is 1. The quantitative estimate of drug-likeness (QED) is 0.890. The summed E-state index contributed by atoms with van der Waals surface area (Å²) in [4.78, 5) is 12.9. The summed E-state index contributed by atoms with van der Waals surface area (Å²) >= 11 is 0. The molecular formula is C14H19ClN2O4S. The van der Waals surface area contributed by atoms with Crippen LogP contribution in [0.1, 0.15) is 18.4 Å². The molecule has 1 aromatic carbocycles. The molecule has 122 valence electrons. The van der Waals surface area contributed by atoms with Crippen molar-refractivity contribution in [1.29, 1.82) is 0 Å². The average molecular weight is 347 g/mol. The SMILES string of the molecule is Cl.O=C(O)CN1CCc2ccc(S(=O)(=O)N3CCCC3)cc21. The van der Waals surface area contributed by atoms with Gasteiger partial charge in [0.2, 0.25) is 10.0 Å². The molecule has 1 N–H and O–H groups in total. The van der Waals surface area contributed by atoms with E-state index in [9.17, 15) is 13.2 Å². The molecule has 0 aromatic heterocycles. The van der Waals surface area contributed by atoms with Gasteiger partial charge in [-0.1, -0.05) is 6.07 Å². The highest BCUT2D eigenvalue weighted by Gasteiger charge is 2.29. The molecular weight excluding hydrogens is 328 g/mol. The molecule has 0 bridgehead atoms. The number of anilines is 1. The van der Waals surface area contributed by atoms with Gasteiger partial charge in [-0.15, -0.1) is 12.4 Å². The molecule has 2 heterocycles. The first-order chi connectivity index (χ1) is 9.98. The number of hydrogen-bond acceptors (Lipinski definition) is 4. The standard InChI is InChI=1S/C14H18N2O4S.ClH/c17-14(18)10-15-8-5-11-3-4-12(9-13(11)15)21(19,20)16-6-1-2-7-16;/h3-4,9H,1-2,5-8,10H2,(H,17,18);1H. The van der Waals surface area contributed by atoms with Crippen molar-refractivity contribution in [2.45, 2.75) is 24.2 Å². The summed E-state index contributed by atoms with van der Waals surface area (Å²) < 4.78 is 26.6. The lowest BCUT2D eigenvalue weighted by Gasteiger charge is -2.19. The van der Waals surface area contributed by atoms with Crippen molar-refractivity contribution in [1.82, 2.24) is 4.31 Å². The summed E-state index contributed by atoms with van der Waals surface area (Å²) in [5, 5.41) is 8.93. The van der Waals surface area contributed by atoms with Gasteiger partial charge >= 0.3 is 5.97 Å². The lowest BCUT2D eigenvalue weighted by atomic mass is 10.2. The largest absolute Gasteiger partial charge is 0.480 e. The number of hydrogen-bond donors (Lipinski definition) is 1. The first kappa shape index (κ1) is 17.1. The predicted molar refractivity (Wildman–Crippen MR) is 85.2 cm³/mol. The van der Waals surface area contributed by atoms with Crippen LogP contribution < -0.4 is 4.90 Å². The zero-order chi connectivity index (χ0) is 15.0. The van der Waals surface area contributed by atoms with Gasteiger partial charge in [0.05, 0.1) is 4.90 Å². The molecule has 1 fully saturated rings.